The number of ether oxygens (including phenoxy) is 3. The van der Waals surface area contributed by atoms with Crippen molar-refractivity contribution in [1.82, 2.24) is 15.3 Å². The summed E-state index contributed by atoms with van der Waals surface area (Å²) in [5, 5.41) is 13.3. The number of aliphatic hydroxyl groups is 1. The van der Waals surface area contributed by atoms with Crippen LogP contribution in [-0.2, 0) is 25.2 Å². The largest absolute Gasteiger partial charge is 0.491 e. The summed E-state index contributed by atoms with van der Waals surface area (Å²) in [5.41, 5.74) is 1.99. The van der Waals surface area contributed by atoms with E-state index in [1.807, 2.05) is 30.3 Å². The number of rotatable bonds is 15. The fourth-order valence-electron chi connectivity index (χ4n) is 4.12. The quantitative estimate of drug-likeness (QED) is 0.136. The van der Waals surface area contributed by atoms with E-state index in [0.29, 0.717) is 29.0 Å². The summed E-state index contributed by atoms with van der Waals surface area (Å²) in [6, 6.07) is 19.4. The number of benzene rings is 2. The third-order valence-electron chi connectivity index (χ3n) is 6.41. The van der Waals surface area contributed by atoms with Crippen LogP contribution in [-0.4, -0.2) is 82.0 Å². The zero-order valence-corrected chi connectivity index (χ0v) is 25.2. The van der Waals surface area contributed by atoms with Crippen LogP contribution in [0.5, 0.6) is 5.75 Å². The zero-order valence-electron chi connectivity index (χ0n) is 23.5. The molecule has 0 spiro atoms. The highest BCUT2D eigenvalue weighted by atomic mass is 32.2. The van der Waals surface area contributed by atoms with Crippen LogP contribution in [0.15, 0.2) is 78.0 Å². The van der Waals surface area contributed by atoms with Crippen molar-refractivity contribution in [2.24, 2.45) is 0 Å². The highest BCUT2D eigenvalue weighted by molar-refractivity contribution is 7.99. The average Bonchev–Trinajstić information content (AvgIpc) is 3.45. The van der Waals surface area contributed by atoms with Gasteiger partial charge in [-0.2, -0.15) is 8.42 Å². The van der Waals surface area contributed by atoms with Crippen molar-refractivity contribution in [3.63, 3.8) is 0 Å². The number of anilines is 1. The second-order valence-corrected chi connectivity index (χ2v) is 12.4. The van der Waals surface area contributed by atoms with Gasteiger partial charge in [0.1, 0.15) is 18.1 Å². The Morgan fingerprint density at radius 3 is 2.55 bits per heavy atom. The van der Waals surface area contributed by atoms with Crippen LogP contribution < -0.4 is 14.4 Å². The molecule has 11 nitrogen and oxygen atoms in total. The lowest BCUT2D eigenvalue weighted by Gasteiger charge is -2.21. The number of H-pyrrole nitrogens is 1. The van der Waals surface area contributed by atoms with E-state index in [-0.39, 0.29) is 29.6 Å². The number of methoxy groups -OCH3 is 2. The summed E-state index contributed by atoms with van der Waals surface area (Å²) in [4.78, 5) is 20.3. The molecule has 1 amide bonds. The van der Waals surface area contributed by atoms with Gasteiger partial charge in [0.2, 0.25) is 0 Å². The van der Waals surface area contributed by atoms with Crippen LogP contribution in [0.3, 0.4) is 0 Å². The summed E-state index contributed by atoms with van der Waals surface area (Å²) in [7, 11) is 0.354. The molecular weight excluding hydrogens is 580 g/mol. The summed E-state index contributed by atoms with van der Waals surface area (Å²) >= 11 is 1.46. The molecule has 2 aromatic heterocycles. The predicted octanol–water partition coefficient (Wildman–Crippen LogP) is 3.41. The van der Waals surface area contributed by atoms with Gasteiger partial charge in [-0.1, -0.05) is 36.4 Å². The molecule has 4 rings (SSSR count). The van der Waals surface area contributed by atoms with Crippen LogP contribution in [0.1, 0.15) is 16.1 Å². The Morgan fingerprint density at radius 1 is 1.10 bits per heavy atom. The van der Waals surface area contributed by atoms with Crippen molar-refractivity contribution < 1.29 is 32.5 Å². The summed E-state index contributed by atoms with van der Waals surface area (Å²) in [6.45, 7) is 0.722. The Balaban J connectivity index is 1.59. The molecule has 0 aliphatic carbocycles. The minimum absolute atomic E-state index is 0.119. The minimum atomic E-state index is -4.02. The van der Waals surface area contributed by atoms with E-state index in [2.05, 4.69) is 15.3 Å². The predicted molar refractivity (Wildman–Crippen MR) is 162 cm³/mol. The maximum atomic E-state index is 13.4. The number of thioether (sulfide) groups is 1. The van der Waals surface area contributed by atoms with E-state index >= 15 is 0 Å². The molecule has 0 aliphatic heterocycles. The van der Waals surface area contributed by atoms with E-state index in [9.17, 15) is 18.3 Å². The van der Waals surface area contributed by atoms with Crippen LogP contribution in [0.2, 0.25) is 0 Å². The van der Waals surface area contributed by atoms with Gasteiger partial charge >= 0.3 is 0 Å². The first-order chi connectivity index (χ1) is 20.2. The highest BCUT2D eigenvalue weighted by Gasteiger charge is 2.26. The summed E-state index contributed by atoms with van der Waals surface area (Å²) < 4.78 is 43.9. The molecule has 0 saturated heterocycles. The summed E-state index contributed by atoms with van der Waals surface area (Å²) in [5.74, 6) is 0.604. The molecule has 0 fully saturated rings. The molecule has 42 heavy (non-hydrogen) atoms. The molecule has 2 heterocycles. The zero-order chi connectivity index (χ0) is 30.1. The Morgan fingerprint density at radius 2 is 1.86 bits per heavy atom. The number of hydrogen-bond donors (Lipinski definition) is 3. The first-order valence-corrected chi connectivity index (χ1v) is 15.6. The number of nitrogens with zero attached hydrogens (tertiary/aromatic N) is 2. The monoisotopic (exact) mass is 614 g/mol. The number of carbonyl (C=O) groups is 1. The Bertz CT molecular complexity index is 1570. The molecule has 4 aromatic rings. The maximum absolute atomic E-state index is 13.4. The van der Waals surface area contributed by atoms with Crippen LogP contribution in [0, 0.1) is 0 Å². The Kier molecular flexibility index (Phi) is 10.8. The van der Waals surface area contributed by atoms with Gasteiger partial charge in [0, 0.05) is 51.2 Å². The van der Waals surface area contributed by atoms with E-state index < -0.39 is 27.5 Å². The van der Waals surface area contributed by atoms with E-state index in [0.717, 1.165) is 9.87 Å². The standard InChI is InChI=1S/C29H34N4O7S2/c1-33(42(36,37)26-11-7-8-12-30-26)24-17-22(40-14-13-38-2)15-21-16-23(32-27(21)24)28(34)31-18-25(29(35)39-3)41-19-20-9-5-4-6-10-20/h4-12,15-17,25,29,32,35H,13-14,18-19H2,1-3H3,(H,31,34). The number of nitrogens with one attached hydrogen (secondary N) is 2. The number of hydrogen-bond acceptors (Lipinski definition) is 9. The molecule has 0 radical (unpaired) electrons. The Labute approximate surface area is 249 Å². The summed E-state index contributed by atoms with van der Waals surface area (Å²) in [6.07, 6.45) is 0.314. The first kappa shape index (κ1) is 31.3. The van der Waals surface area contributed by atoms with Gasteiger partial charge in [-0.05, 0) is 29.8 Å². The number of amides is 1. The molecule has 224 valence electrons. The number of pyridine rings is 1. The van der Waals surface area contributed by atoms with Gasteiger partial charge < -0.3 is 29.6 Å². The first-order valence-electron chi connectivity index (χ1n) is 13.1. The maximum Gasteiger partial charge on any atom is 0.281 e. The van der Waals surface area contributed by atoms with Crippen molar-refractivity contribution in [2.75, 3.05) is 45.3 Å². The van der Waals surface area contributed by atoms with Crippen molar-refractivity contribution >= 4 is 44.3 Å². The van der Waals surface area contributed by atoms with E-state index in [1.54, 1.807) is 37.4 Å². The molecule has 2 unspecified atom stereocenters. The lowest BCUT2D eigenvalue weighted by atomic mass is 10.2. The van der Waals surface area contributed by atoms with Gasteiger partial charge in [0.05, 0.1) is 23.1 Å². The Hall–Kier alpha value is -3.62. The molecule has 13 heteroatoms. The SMILES string of the molecule is COCCOc1cc(N(C)S(=O)(=O)c2ccccn2)c2[nH]c(C(=O)NCC(SCc3ccccc3)C(O)OC)cc2c1. The number of aromatic nitrogens is 2. The van der Waals surface area contributed by atoms with Crippen LogP contribution in [0.25, 0.3) is 10.9 Å². The molecule has 2 aromatic carbocycles. The fourth-order valence-corrected chi connectivity index (χ4v) is 6.33. The lowest BCUT2D eigenvalue weighted by Crippen LogP contribution is -2.38. The second-order valence-electron chi connectivity index (χ2n) is 9.24. The molecular formula is C29H34N4O7S2. The number of sulfonamides is 1. The van der Waals surface area contributed by atoms with Crippen molar-refractivity contribution in [3.05, 3.63) is 84.2 Å². The fraction of sp³-hybridized carbons (Fsp3) is 0.310. The van der Waals surface area contributed by atoms with Crippen LogP contribution in [0.4, 0.5) is 5.69 Å². The van der Waals surface area contributed by atoms with Crippen molar-refractivity contribution in [2.45, 2.75) is 22.3 Å². The average molecular weight is 615 g/mol. The molecule has 0 aliphatic rings. The number of fused-ring (bicyclic) bond motifs is 1. The van der Waals surface area contributed by atoms with Gasteiger partial charge in [0.25, 0.3) is 15.9 Å². The molecule has 3 N–H and O–H groups in total. The van der Waals surface area contributed by atoms with E-state index in [4.69, 9.17) is 14.2 Å². The number of carbonyl (C=O) groups excluding carboxylic acids is 1. The number of aliphatic hydroxyl groups excluding tert-OH is 1. The van der Waals surface area contributed by atoms with Gasteiger partial charge in [-0.25, -0.2) is 4.98 Å². The van der Waals surface area contributed by atoms with Gasteiger partial charge in [-0.15, -0.1) is 11.8 Å². The van der Waals surface area contributed by atoms with Crippen LogP contribution >= 0.6 is 11.8 Å². The second kappa shape index (κ2) is 14.5. The van der Waals surface area contributed by atoms with Crippen molar-refractivity contribution in [3.8, 4) is 5.75 Å². The normalized spacial score (nSPS) is 13.0. The molecule has 0 saturated carbocycles. The van der Waals surface area contributed by atoms with Crippen molar-refractivity contribution in [1.29, 1.82) is 0 Å². The third kappa shape index (κ3) is 7.61. The molecule has 0 bridgehead atoms. The molecule has 2 atom stereocenters. The van der Waals surface area contributed by atoms with Gasteiger partial charge in [0.15, 0.2) is 11.3 Å². The smallest absolute Gasteiger partial charge is 0.281 e. The lowest BCUT2D eigenvalue weighted by molar-refractivity contribution is -0.0726. The topological polar surface area (TPSA) is 143 Å². The van der Waals surface area contributed by atoms with Gasteiger partial charge in [-0.3, -0.25) is 9.10 Å². The number of aromatic amines is 1. The highest BCUT2D eigenvalue weighted by Crippen LogP contribution is 2.34. The minimum Gasteiger partial charge on any atom is -0.491 e. The van der Waals surface area contributed by atoms with E-state index in [1.165, 1.54) is 38.2 Å². The third-order valence-corrected chi connectivity index (χ3v) is 9.43.